The van der Waals surface area contributed by atoms with E-state index in [1.165, 1.54) is 49.9 Å². The fourth-order valence-corrected chi connectivity index (χ4v) is 3.20. The van der Waals surface area contributed by atoms with Crippen LogP contribution in [0.4, 0.5) is 5.69 Å². The van der Waals surface area contributed by atoms with Gasteiger partial charge in [-0.25, -0.2) is 0 Å². The molecule has 2 heteroatoms. The molecule has 0 saturated heterocycles. The zero-order valence-corrected chi connectivity index (χ0v) is 11.4. The molecule has 0 amide bonds. The molecule has 0 aromatic heterocycles. The Hall–Kier alpha value is -1.02. The lowest BCUT2D eigenvalue weighted by atomic mass is 9.85. The molecule has 0 unspecified atom stereocenters. The van der Waals surface area contributed by atoms with Crippen LogP contribution in [0.1, 0.15) is 36.8 Å². The summed E-state index contributed by atoms with van der Waals surface area (Å²) in [6.07, 6.45) is 6.85. The van der Waals surface area contributed by atoms with E-state index in [-0.39, 0.29) is 0 Å². The Kier molecular flexibility index (Phi) is 3.55. The van der Waals surface area contributed by atoms with Gasteiger partial charge >= 0.3 is 0 Å². The minimum Gasteiger partial charge on any atom is -0.385 e. The lowest BCUT2D eigenvalue weighted by Crippen LogP contribution is -2.29. The van der Waals surface area contributed by atoms with Crippen LogP contribution in [-0.2, 0) is 13.0 Å². The van der Waals surface area contributed by atoms with Crippen molar-refractivity contribution in [3.05, 3.63) is 29.3 Å². The van der Waals surface area contributed by atoms with Crippen molar-refractivity contribution in [1.29, 1.82) is 0 Å². The molecule has 0 atom stereocenters. The summed E-state index contributed by atoms with van der Waals surface area (Å²) >= 11 is 0. The molecule has 0 spiro atoms. The number of nitrogens with zero attached hydrogens (tertiary/aromatic N) is 1. The second-order valence-corrected chi connectivity index (χ2v) is 5.97. The molecule has 0 radical (unpaired) electrons. The van der Waals surface area contributed by atoms with Gasteiger partial charge in [0.2, 0.25) is 0 Å². The van der Waals surface area contributed by atoms with Gasteiger partial charge in [-0.1, -0.05) is 18.6 Å². The summed E-state index contributed by atoms with van der Waals surface area (Å²) < 4.78 is 0. The molecule has 3 rings (SSSR count). The van der Waals surface area contributed by atoms with Crippen LogP contribution in [0.25, 0.3) is 0 Å². The van der Waals surface area contributed by atoms with E-state index in [0.29, 0.717) is 0 Å². The maximum atomic E-state index is 3.52. The molecule has 2 aliphatic rings. The highest BCUT2D eigenvalue weighted by Crippen LogP contribution is 2.29. The summed E-state index contributed by atoms with van der Waals surface area (Å²) in [5.74, 6) is 0.965. The van der Waals surface area contributed by atoms with Gasteiger partial charge < -0.3 is 10.2 Å². The molecule has 0 bridgehead atoms. The van der Waals surface area contributed by atoms with Crippen LogP contribution < -0.4 is 5.32 Å². The monoisotopic (exact) mass is 244 g/mol. The van der Waals surface area contributed by atoms with Crippen LogP contribution >= 0.6 is 0 Å². The first-order valence-corrected chi connectivity index (χ1v) is 7.36. The summed E-state index contributed by atoms with van der Waals surface area (Å²) in [5.41, 5.74) is 4.46. The number of anilines is 1. The Bertz CT molecular complexity index is 410. The van der Waals surface area contributed by atoms with Gasteiger partial charge in [-0.3, -0.25) is 0 Å². The van der Waals surface area contributed by atoms with Crippen molar-refractivity contribution in [3.8, 4) is 0 Å². The highest BCUT2D eigenvalue weighted by molar-refractivity contribution is 5.56. The molecule has 1 N–H and O–H groups in total. The Morgan fingerprint density at radius 1 is 1.28 bits per heavy atom. The Labute approximate surface area is 110 Å². The second kappa shape index (κ2) is 5.31. The fourth-order valence-electron chi connectivity index (χ4n) is 3.20. The van der Waals surface area contributed by atoms with Crippen molar-refractivity contribution >= 4 is 5.69 Å². The molecule has 1 aliphatic heterocycles. The van der Waals surface area contributed by atoms with Crippen molar-refractivity contribution in [2.45, 2.75) is 38.6 Å². The van der Waals surface area contributed by atoms with E-state index < -0.39 is 0 Å². The highest BCUT2D eigenvalue weighted by atomic mass is 15.1. The minimum absolute atomic E-state index is 0.965. The first-order chi connectivity index (χ1) is 8.83. The van der Waals surface area contributed by atoms with E-state index in [4.69, 9.17) is 0 Å². The van der Waals surface area contributed by atoms with E-state index in [1.54, 1.807) is 5.56 Å². The lowest BCUT2D eigenvalue weighted by Gasteiger charge is -2.31. The van der Waals surface area contributed by atoms with Gasteiger partial charge in [-0.15, -0.1) is 0 Å². The fraction of sp³-hybridized carbons (Fsp3) is 0.625. The summed E-state index contributed by atoms with van der Waals surface area (Å²) in [4.78, 5) is 2.51. The number of rotatable bonds is 4. The molecule has 1 aromatic carbocycles. The molecular weight excluding hydrogens is 220 g/mol. The summed E-state index contributed by atoms with van der Waals surface area (Å²) in [7, 11) is 2.27. The van der Waals surface area contributed by atoms with Gasteiger partial charge in [-0.2, -0.15) is 0 Å². The molecular formula is C16H24N2. The average Bonchev–Trinajstić information content (AvgIpc) is 2.34. The topological polar surface area (TPSA) is 15.3 Å². The molecule has 18 heavy (non-hydrogen) atoms. The SMILES string of the molecule is CN(Cc1cccc2c1CCCN2)CC1CCC1. The van der Waals surface area contributed by atoms with Crippen molar-refractivity contribution in [1.82, 2.24) is 4.90 Å². The normalized spacial score (nSPS) is 19.2. The zero-order chi connectivity index (χ0) is 12.4. The number of hydrogen-bond donors (Lipinski definition) is 1. The van der Waals surface area contributed by atoms with E-state index in [2.05, 4.69) is 35.5 Å². The highest BCUT2D eigenvalue weighted by Gasteiger charge is 2.20. The maximum Gasteiger partial charge on any atom is 0.0375 e. The number of nitrogens with one attached hydrogen (secondary N) is 1. The first-order valence-electron chi connectivity index (χ1n) is 7.36. The molecule has 2 nitrogen and oxygen atoms in total. The van der Waals surface area contributed by atoms with E-state index in [0.717, 1.165) is 19.0 Å². The van der Waals surface area contributed by atoms with Crippen molar-refractivity contribution in [2.75, 3.05) is 25.5 Å². The van der Waals surface area contributed by atoms with E-state index >= 15 is 0 Å². The summed E-state index contributed by atoms with van der Waals surface area (Å²) in [6, 6.07) is 6.73. The van der Waals surface area contributed by atoms with Gasteiger partial charge in [0, 0.05) is 25.3 Å². The first kappa shape index (κ1) is 12.0. The standard InChI is InChI=1S/C16H24N2/c1-18(11-13-5-2-6-13)12-14-7-3-9-16-15(14)8-4-10-17-16/h3,7,9,13,17H,2,4-6,8,10-12H2,1H3. The van der Waals surface area contributed by atoms with Gasteiger partial charge in [-0.05, 0) is 55.8 Å². The van der Waals surface area contributed by atoms with E-state index in [1.807, 2.05) is 0 Å². The van der Waals surface area contributed by atoms with Gasteiger partial charge in [0.05, 0.1) is 0 Å². The lowest BCUT2D eigenvalue weighted by molar-refractivity contribution is 0.200. The van der Waals surface area contributed by atoms with E-state index in [9.17, 15) is 0 Å². The summed E-state index contributed by atoms with van der Waals surface area (Å²) in [6.45, 7) is 3.52. The van der Waals surface area contributed by atoms with Crippen LogP contribution in [0.2, 0.25) is 0 Å². The van der Waals surface area contributed by atoms with Crippen LogP contribution in [-0.4, -0.2) is 25.0 Å². The van der Waals surface area contributed by atoms with Crippen molar-refractivity contribution < 1.29 is 0 Å². The van der Waals surface area contributed by atoms with Crippen molar-refractivity contribution in [2.24, 2.45) is 5.92 Å². The maximum absolute atomic E-state index is 3.52. The van der Waals surface area contributed by atoms with Gasteiger partial charge in [0.25, 0.3) is 0 Å². The van der Waals surface area contributed by atoms with Crippen molar-refractivity contribution in [3.63, 3.8) is 0 Å². The predicted molar refractivity (Wildman–Crippen MR) is 76.9 cm³/mol. The molecule has 1 fully saturated rings. The van der Waals surface area contributed by atoms with Crippen LogP contribution in [0, 0.1) is 5.92 Å². The average molecular weight is 244 g/mol. The Balaban J connectivity index is 1.67. The Morgan fingerprint density at radius 3 is 2.94 bits per heavy atom. The second-order valence-electron chi connectivity index (χ2n) is 5.97. The van der Waals surface area contributed by atoms with Gasteiger partial charge in [0.15, 0.2) is 0 Å². The number of benzene rings is 1. The quantitative estimate of drug-likeness (QED) is 0.874. The largest absolute Gasteiger partial charge is 0.385 e. The number of hydrogen-bond acceptors (Lipinski definition) is 2. The molecule has 1 heterocycles. The zero-order valence-electron chi connectivity index (χ0n) is 11.4. The van der Waals surface area contributed by atoms with Crippen LogP contribution in [0.5, 0.6) is 0 Å². The van der Waals surface area contributed by atoms with Crippen LogP contribution in [0.3, 0.4) is 0 Å². The third-order valence-corrected chi connectivity index (χ3v) is 4.43. The molecule has 1 aliphatic carbocycles. The third kappa shape index (κ3) is 2.54. The molecule has 1 aromatic rings. The minimum atomic E-state index is 0.965. The smallest absolute Gasteiger partial charge is 0.0375 e. The van der Waals surface area contributed by atoms with Crippen LogP contribution in [0.15, 0.2) is 18.2 Å². The number of fused-ring (bicyclic) bond motifs is 1. The Morgan fingerprint density at radius 2 is 2.17 bits per heavy atom. The third-order valence-electron chi connectivity index (χ3n) is 4.43. The molecule has 1 saturated carbocycles. The predicted octanol–water partition coefficient (Wildman–Crippen LogP) is 3.28. The summed E-state index contributed by atoms with van der Waals surface area (Å²) in [5, 5.41) is 3.52. The van der Waals surface area contributed by atoms with Gasteiger partial charge in [0.1, 0.15) is 0 Å². The molecule has 98 valence electrons.